The molecule has 30 heavy (non-hydrogen) atoms. The molecule has 1 fully saturated rings. The Morgan fingerprint density at radius 2 is 2.00 bits per heavy atom. The average Bonchev–Trinajstić information content (AvgIpc) is 3.37. The van der Waals surface area contributed by atoms with Gasteiger partial charge in [0.1, 0.15) is 11.3 Å². The van der Waals surface area contributed by atoms with Gasteiger partial charge in [-0.05, 0) is 36.6 Å². The van der Waals surface area contributed by atoms with Crippen molar-refractivity contribution in [1.29, 1.82) is 0 Å². The van der Waals surface area contributed by atoms with Crippen LogP contribution in [0.25, 0.3) is 11.0 Å². The number of hydrogen-bond donors (Lipinski definition) is 2. The molecule has 1 atom stereocenters. The first-order chi connectivity index (χ1) is 14.6. The molecule has 0 spiro atoms. The number of benzene rings is 2. The minimum absolute atomic E-state index is 0.0175. The minimum atomic E-state index is -0.0175. The van der Waals surface area contributed by atoms with Gasteiger partial charge in [0.15, 0.2) is 5.96 Å². The molecule has 156 valence electrons. The molecule has 0 bridgehead atoms. The molecule has 0 aliphatic carbocycles. The average molecular weight is 405 g/mol. The number of fused-ring (bicyclic) bond motifs is 1. The monoisotopic (exact) mass is 404 g/mol. The van der Waals surface area contributed by atoms with E-state index in [-0.39, 0.29) is 11.9 Å². The molecular formula is C24H28N4O2. The number of nitrogens with one attached hydrogen (secondary N) is 2. The molecule has 4 rings (SSSR count). The first-order valence-electron chi connectivity index (χ1n) is 10.4. The number of amides is 1. The normalized spacial score (nSPS) is 15.6. The summed E-state index contributed by atoms with van der Waals surface area (Å²) in [6.07, 6.45) is 1.64. The third-order valence-electron chi connectivity index (χ3n) is 5.44. The summed E-state index contributed by atoms with van der Waals surface area (Å²) in [6.45, 7) is 4.24. The van der Waals surface area contributed by atoms with Gasteiger partial charge in [-0.15, -0.1) is 0 Å². The zero-order chi connectivity index (χ0) is 20.9. The molecule has 1 amide bonds. The summed E-state index contributed by atoms with van der Waals surface area (Å²) in [4.78, 5) is 18.1. The lowest BCUT2D eigenvalue weighted by atomic mass is 10.1. The summed E-state index contributed by atoms with van der Waals surface area (Å²) >= 11 is 0. The maximum absolute atomic E-state index is 11.9. The van der Waals surface area contributed by atoms with Gasteiger partial charge in [0.2, 0.25) is 5.91 Å². The summed E-state index contributed by atoms with van der Waals surface area (Å²) < 4.78 is 5.95. The van der Waals surface area contributed by atoms with E-state index < -0.39 is 0 Å². The Balaban J connectivity index is 1.35. The Morgan fingerprint density at radius 3 is 2.77 bits per heavy atom. The molecule has 6 nitrogen and oxygen atoms in total. The van der Waals surface area contributed by atoms with Crippen LogP contribution in [0.2, 0.25) is 0 Å². The summed E-state index contributed by atoms with van der Waals surface area (Å²) in [5.41, 5.74) is 3.19. The highest BCUT2D eigenvalue weighted by atomic mass is 16.3. The first-order valence-corrected chi connectivity index (χ1v) is 10.4. The molecule has 1 aliphatic heterocycles. The van der Waals surface area contributed by atoms with Crippen LogP contribution in [0.5, 0.6) is 0 Å². The highest BCUT2D eigenvalue weighted by Gasteiger charge is 2.20. The van der Waals surface area contributed by atoms with Gasteiger partial charge in [-0.3, -0.25) is 9.79 Å². The number of carbonyl (C=O) groups excluding carboxylic acids is 1. The first kappa shape index (κ1) is 20.0. The molecular weight excluding hydrogens is 376 g/mol. The predicted octanol–water partition coefficient (Wildman–Crippen LogP) is 3.98. The van der Waals surface area contributed by atoms with Crippen LogP contribution in [-0.4, -0.2) is 30.4 Å². The number of furan rings is 1. The van der Waals surface area contributed by atoms with Crippen molar-refractivity contribution in [1.82, 2.24) is 15.5 Å². The largest absolute Gasteiger partial charge is 0.459 e. The highest BCUT2D eigenvalue weighted by molar-refractivity contribution is 5.81. The van der Waals surface area contributed by atoms with Gasteiger partial charge in [-0.1, -0.05) is 42.5 Å². The fourth-order valence-electron chi connectivity index (χ4n) is 3.80. The maximum atomic E-state index is 11.9. The summed E-state index contributed by atoms with van der Waals surface area (Å²) in [7, 11) is 1.76. The van der Waals surface area contributed by atoms with Crippen LogP contribution in [0.3, 0.4) is 0 Å². The van der Waals surface area contributed by atoms with Gasteiger partial charge in [0.05, 0.1) is 6.04 Å². The van der Waals surface area contributed by atoms with Crippen LogP contribution >= 0.6 is 0 Å². The van der Waals surface area contributed by atoms with Crippen LogP contribution < -0.4 is 10.6 Å². The second-order valence-electron chi connectivity index (χ2n) is 7.72. The molecule has 6 heteroatoms. The molecule has 2 N–H and O–H groups in total. The van der Waals surface area contributed by atoms with E-state index in [1.807, 2.05) is 35.2 Å². The third kappa shape index (κ3) is 4.64. The number of aliphatic imine (C=N–C) groups is 1. The Morgan fingerprint density at radius 1 is 1.17 bits per heavy atom. The minimum Gasteiger partial charge on any atom is -0.459 e. The Labute approximate surface area is 177 Å². The van der Waals surface area contributed by atoms with E-state index in [2.05, 4.69) is 46.8 Å². The second kappa shape index (κ2) is 9.03. The molecule has 1 aliphatic rings. The number of para-hydroxylation sites is 1. The topological polar surface area (TPSA) is 69.9 Å². The number of carbonyl (C=O) groups is 1. The Hall–Kier alpha value is -3.28. The van der Waals surface area contributed by atoms with E-state index in [9.17, 15) is 4.79 Å². The number of nitrogens with zero attached hydrogens (tertiary/aromatic N) is 2. The van der Waals surface area contributed by atoms with E-state index >= 15 is 0 Å². The van der Waals surface area contributed by atoms with Crippen molar-refractivity contribution in [3.05, 3.63) is 71.5 Å². The molecule has 1 aromatic heterocycles. The third-order valence-corrected chi connectivity index (χ3v) is 5.44. The van der Waals surface area contributed by atoms with Gasteiger partial charge in [-0.2, -0.15) is 0 Å². The van der Waals surface area contributed by atoms with Crippen LogP contribution in [-0.2, 0) is 17.9 Å². The van der Waals surface area contributed by atoms with Gasteiger partial charge >= 0.3 is 0 Å². The lowest BCUT2D eigenvalue weighted by Crippen LogP contribution is -2.38. The van der Waals surface area contributed by atoms with Crippen LogP contribution in [0.15, 0.2) is 64.0 Å². The van der Waals surface area contributed by atoms with Crippen LogP contribution in [0, 0.1) is 0 Å². The molecule has 2 aromatic carbocycles. The molecule has 3 aromatic rings. The predicted molar refractivity (Wildman–Crippen MR) is 119 cm³/mol. The molecule has 1 saturated heterocycles. The number of hydrogen-bond acceptors (Lipinski definition) is 3. The lowest BCUT2D eigenvalue weighted by molar-refractivity contribution is -0.128. The fraction of sp³-hybridized carbons (Fsp3) is 0.333. The number of guanidine groups is 1. The Kier molecular flexibility index (Phi) is 6.02. The van der Waals surface area contributed by atoms with E-state index in [0.717, 1.165) is 40.8 Å². The van der Waals surface area contributed by atoms with Gasteiger partial charge in [0, 0.05) is 38.5 Å². The standard InChI is InChI=1S/C24H28N4O2/c1-17(22-14-20-9-3-4-10-21(20)30-22)27-24(25-2)26-15-18-7-5-8-19(13-18)16-28-12-6-11-23(28)29/h3-5,7-10,13-14,17H,6,11-12,15-16H2,1-2H3,(H2,25,26,27). The van der Waals surface area contributed by atoms with Crippen LogP contribution in [0.1, 0.15) is 42.7 Å². The van der Waals surface area contributed by atoms with E-state index in [1.165, 1.54) is 0 Å². The second-order valence-corrected chi connectivity index (χ2v) is 7.72. The van der Waals surface area contributed by atoms with Gasteiger partial charge in [-0.25, -0.2) is 0 Å². The summed E-state index contributed by atoms with van der Waals surface area (Å²) in [6, 6.07) is 18.4. The molecule has 1 unspecified atom stereocenters. The van der Waals surface area contributed by atoms with Crippen molar-refractivity contribution in [3.63, 3.8) is 0 Å². The van der Waals surface area contributed by atoms with E-state index in [4.69, 9.17) is 4.42 Å². The summed E-state index contributed by atoms with van der Waals surface area (Å²) in [5, 5.41) is 7.85. The lowest BCUT2D eigenvalue weighted by Gasteiger charge is -2.18. The number of likely N-dealkylation sites (tertiary alicyclic amines) is 1. The van der Waals surface area contributed by atoms with Crippen LogP contribution in [0.4, 0.5) is 0 Å². The van der Waals surface area contributed by atoms with Crippen molar-refractivity contribution >= 4 is 22.8 Å². The van der Waals surface area contributed by atoms with Gasteiger partial charge < -0.3 is 20.0 Å². The van der Waals surface area contributed by atoms with Crippen molar-refractivity contribution in [2.24, 2.45) is 4.99 Å². The Bertz CT molecular complexity index is 1020. The zero-order valence-corrected chi connectivity index (χ0v) is 17.5. The molecule has 0 radical (unpaired) electrons. The smallest absolute Gasteiger partial charge is 0.222 e. The van der Waals surface area contributed by atoms with Crippen molar-refractivity contribution < 1.29 is 9.21 Å². The zero-order valence-electron chi connectivity index (χ0n) is 17.5. The molecule has 2 heterocycles. The quantitative estimate of drug-likeness (QED) is 0.482. The van der Waals surface area contributed by atoms with Crippen molar-refractivity contribution in [2.75, 3.05) is 13.6 Å². The van der Waals surface area contributed by atoms with Gasteiger partial charge in [0.25, 0.3) is 0 Å². The fourth-order valence-corrected chi connectivity index (χ4v) is 3.80. The van der Waals surface area contributed by atoms with E-state index in [0.29, 0.717) is 25.5 Å². The molecule has 0 saturated carbocycles. The van der Waals surface area contributed by atoms with Crippen molar-refractivity contribution in [3.8, 4) is 0 Å². The van der Waals surface area contributed by atoms with E-state index in [1.54, 1.807) is 7.05 Å². The summed E-state index contributed by atoms with van der Waals surface area (Å²) in [5.74, 6) is 1.84. The highest BCUT2D eigenvalue weighted by Crippen LogP contribution is 2.23. The van der Waals surface area contributed by atoms with Crippen molar-refractivity contribution in [2.45, 2.75) is 38.9 Å². The number of rotatable bonds is 6. The SMILES string of the molecule is CN=C(NCc1cccc(CN2CCCC2=O)c1)NC(C)c1cc2ccccc2o1. The maximum Gasteiger partial charge on any atom is 0.222 e.